The highest BCUT2D eigenvalue weighted by Crippen LogP contribution is 2.29. The largest absolute Gasteiger partial charge is 0.494 e. The third-order valence-electron chi connectivity index (χ3n) is 2.15. The third-order valence-corrected chi connectivity index (χ3v) is 2.37. The zero-order valence-corrected chi connectivity index (χ0v) is 10.7. The van der Waals surface area contributed by atoms with Crippen LogP contribution < -0.4 is 15.8 Å². The Morgan fingerprint density at radius 2 is 2.37 bits per heavy atom. The van der Waals surface area contributed by atoms with Crippen LogP contribution in [0.15, 0.2) is 30.0 Å². The molecule has 0 bridgehead atoms. The van der Waals surface area contributed by atoms with E-state index in [1.54, 1.807) is 0 Å². The highest BCUT2D eigenvalue weighted by molar-refractivity contribution is 7.80. The summed E-state index contributed by atoms with van der Waals surface area (Å²) in [6.45, 7) is 0. The molecule has 0 aliphatic carbocycles. The fourth-order valence-corrected chi connectivity index (χ4v) is 1.33. The van der Waals surface area contributed by atoms with Crippen molar-refractivity contribution in [3.63, 3.8) is 0 Å². The predicted octanol–water partition coefficient (Wildman–Crippen LogP) is 1.71. The van der Waals surface area contributed by atoms with E-state index in [-0.39, 0.29) is 22.0 Å². The molecule has 0 spiro atoms. The molecular weight excluding hydrogens is 268 g/mol. The highest BCUT2D eigenvalue weighted by atomic mass is 32.1. The van der Waals surface area contributed by atoms with E-state index in [9.17, 15) is 10.1 Å². The van der Waals surface area contributed by atoms with Gasteiger partial charge in [0, 0.05) is 12.3 Å². The number of methoxy groups -OCH3 is 1. The van der Waals surface area contributed by atoms with Gasteiger partial charge >= 0.3 is 0 Å². The minimum Gasteiger partial charge on any atom is -0.494 e. The van der Waals surface area contributed by atoms with Crippen LogP contribution in [0.25, 0.3) is 0 Å². The molecule has 7 nitrogen and oxygen atoms in total. The molecule has 8 heteroatoms. The summed E-state index contributed by atoms with van der Waals surface area (Å²) in [6, 6.07) is 5.86. The molecule has 0 fully saturated rings. The summed E-state index contributed by atoms with van der Waals surface area (Å²) in [6.07, 6.45) is 1.31. The van der Waals surface area contributed by atoms with E-state index in [0.717, 1.165) is 0 Å². The molecule has 1 aromatic rings. The molecule has 3 N–H and O–H groups in total. The number of nitriles is 1. The lowest BCUT2D eigenvalue weighted by Crippen LogP contribution is -2.11. The van der Waals surface area contributed by atoms with E-state index < -0.39 is 4.92 Å². The van der Waals surface area contributed by atoms with E-state index in [2.05, 4.69) is 17.5 Å². The first kappa shape index (κ1) is 14.4. The Labute approximate surface area is 114 Å². The molecule has 0 saturated heterocycles. The lowest BCUT2D eigenvalue weighted by atomic mass is 10.2. The maximum absolute atomic E-state index is 10.6. The molecule has 0 unspecified atom stereocenters. The second-order valence-electron chi connectivity index (χ2n) is 3.32. The third kappa shape index (κ3) is 3.65. The average Bonchev–Trinajstić information content (AvgIpc) is 2.38. The number of benzene rings is 1. The lowest BCUT2D eigenvalue weighted by molar-refractivity contribution is -0.384. The Morgan fingerprint density at radius 3 is 2.84 bits per heavy atom. The maximum Gasteiger partial charge on any atom is 0.273 e. The van der Waals surface area contributed by atoms with Crippen LogP contribution >= 0.6 is 12.2 Å². The van der Waals surface area contributed by atoms with Crippen molar-refractivity contribution in [2.75, 3.05) is 12.4 Å². The number of nitrogens with two attached hydrogens (primary N) is 1. The first-order chi connectivity index (χ1) is 8.99. The number of ether oxygens (including phenoxy) is 1. The molecule has 0 saturated carbocycles. The number of nitrogens with one attached hydrogen (secondary N) is 1. The molecule has 98 valence electrons. The van der Waals surface area contributed by atoms with E-state index in [1.807, 2.05) is 6.07 Å². The molecule has 0 heterocycles. The number of nitrogens with zero attached hydrogens (tertiary/aromatic N) is 2. The fourth-order valence-electron chi connectivity index (χ4n) is 1.22. The van der Waals surface area contributed by atoms with E-state index in [1.165, 1.54) is 31.5 Å². The molecule has 0 aliphatic rings. The van der Waals surface area contributed by atoms with Crippen LogP contribution in [-0.2, 0) is 0 Å². The van der Waals surface area contributed by atoms with Crippen molar-refractivity contribution in [3.05, 3.63) is 40.1 Å². The molecule has 0 atom stereocenters. The van der Waals surface area contributed by atoms with E-state index in [0.29, 0.717) is 5.69 Å². The Balaban J connectivity index is 3.06. The number of nitro benzene ring substituents is 1. The predicted molar refractivity (Wildman–Crippen MR) is 73.8 cm³/mol. The summed E-state index contributed by atoms with van der Waals surface area (Å²) in [5.41, 5.74) is 5.78. The van der Waals surface area contributed by atoms with Crippen molar-refractivity contribution in [1.82, 2.24) is 0 Å². The Hall–Kier alpha value is -2.66. The minimum absolute atomic E-state index is 0.0455. The molecular formula is C11H10N4O3S. The Morgan fingerprint density at radius 1 is 1.68 bits per heavy atom. The summed E-state index contributed by atoms with van der Waals surface area (Å²) in [5, 5.41) is 22.2. The number of nitro groups is 1. The van der Waals surface area contributed by atoms with Gasteiger partial charge in [-0.2, -0.15) is 5.26 Å². The van der Waals surface area contributed by atoms with Crippen molar-refractivity contribution >= 4 is 28.6 Å². The minimum atomic E-state index is -0.530. The summed E-state index contributed by atoms with van der Waals surface area (Å²) in [5.74, 6) is 0.269. The van der Waals surface area contributed by atoms with Crippen LogP contribution in [0, 0.1) is 21.4 Å². The van der Waals surface area contributed by atoms with E-state index in [4.69, 9.17) is 15.7 Å². The van der Waals surface area contributed by atoms with Gasteiger partial charge < -0.3 is 15.8 Å². The lowest BCUT2D eigenvalue weighted by Gasteiger charge is -2.08. The zero-order chi connectivity index (χ0) is 14.4. The monoisotopic (exact) mass is 278 g/mol. The standard InChI is InChI=1S/C11H10N4O3S/c1-18-10-4-8(15(16)17)2-3-9(10)14-6-7(5-12)11(13)19/h2-4,6,14H,1H3,(H2,13,19). The molecule has 0 amide bonds. The second-order valence-corrected chi connectivity index (χ2v) is 3.76. The van der Waals surface area contributed by atoms with Gasteiger partial charge in [-0.15, -0.1) is 0 Å². The topological polar surface area (TPSA) is 114 Å². The number of non-ortho nitro benzene ring substituents is 1. The fraction of sp³-hybridized carbons (Fsp3) is 0.0909. The number of rotatable bonds is 5. The summed E-state index contributed by atoms with van der Waals surface area (Å²) >= 11 is 4.67. The second kappa shape index (κ2) is 6.32. The van der Waals surface area contributed by atoms with Crippen molar-refractivity contribution in [1.29, 1.82) is 5.26 Å². The Kier molecular flexibility index (Phi) is 4.79. The van der Waals surface area contributed by atoms with Crippen molar-refractivity contribution in [2.45, 2.75) is 0 Å². The highest BCUT2D eigenvalue weighted by Gasteiger charge is 2.10. The quantitative estimate of drug-likeness (QED) is 0.277. The van der Waals surface area contributed by atoms with Gasteiger partial charge in [-0.3, -0.25) is 10.1 Å². The van der Waals surface area contributed by atoms with E-state index >= 15 is 0 Å². The zero-order valence-electron chi connectivity index (χ0n) is 9.91. The first-order valence-corrected chi connectivity index (χ1v) is 5.39. The van der Waals surface area contributed by atoms with Gasteiger partial charge in [0.05, 0.1) is 23.8 Å². The number of hydrogen-bond donors (Lipinski definition) is 2. The normalized spacial score (nSPS) is 10.4. The molecule has 1 rings (SSSR count). The van der Waals surface area contributed by atoms with Crippen LogP contribution in [0.4, 0.5) is 11.4 Å². The van der Waals surface area contributed by atoms with Gasteiger partial charge in [0.25, 0.3) is 5.69 Å². The number of anilines is 1. The van der Waals surface area contributed by atoms with Gasteiger partial charge in [-0.05, 0) is 6.07 Å². The molecule has 0 radical (unpaired) electrons. The van der Waals surface area contributed by atoms with Gasteiger partial charge in [0.15, 0.2) is 0 Å². The summed E-state index contributed by atoms with van der Waals surface area (Å²) in [7, 11) is 1.38. The van der Waals surface area contributed by atoms with Gasteiger partial charge in [-0.1, -0.05) is 12.2 Å². The first-order valence-electron chi connectivity index (χ1n) is 4.98. The van der Waals surface area contributed by atoms with Crippen molar-refractivity contribution < 1.29 is 9.66 Å². The maximum atomic E-state index is 10.6. The van der Waals surface area contributed by atoms with Gasteiger partial charge in [0.2, 0.25) is 0 Å². The van der Waals surface area contributed by atoms with Crippen LogP contribution in [0.3, 0.4) is 0 Å². The molecule has 19 heavy (non-hydrogen) atoms. The molecule has 0 aromatic heterocycles. The van der Waals surface area contributed by atoms with Gasteiger partial charge in [-0.25, -0.2) is 0 Å². The molecule has 1 aromatic carbocycles. The van der Waals surface area contributed by atoms with Gasteiger partial charge in [0.1, 0.15) is 22.4 Å². The van der Waals surface area contributed by atoms with Crippen LogP contribution in [0.5, 0.6) is 5.75 Å². The summed E-state index contributed by atoms with van der Waals surface area (Å²) in [4.78, 5) is 10.0. The molecule has 0 aliphatic heterocycles. The van der Waals surface area contributed by atoms with Crippen LogP contribution in [-0.4, -0.2) is 17.0 Å². The van der Waals surface area contributed by atoms with Crippen LogP contribution in [0.2, 0.25) is 0 Å². The summed E-state index contributed by atoms with van der Waals surface area (Å²) < 4.78 is 5.02. The number of thiocarbonyl (C=S) groups is 1. The smallest absolute Gasteiger partial charge is 0.273 e. The van der Waals surface area contributed by atoms with Crippen molar-refractivity contribution in [3.8, 4) is 11.8 Å². The average molecular weight is 278 g/mol. The van der Waals surface area contributed by atoms with Crippen LogP contribution in [0.1, 0.15) is 0 Å². The number of hydrogen-bond acceptors (Lipinski definition) is 6. The SMILES string of the molecule is COc1cc([N+](=O)[O-])ccc1NC=C(C#N)C(N)=S. The van der Waals surface area contributed by atoms with Crippen molar-refractivity contribution in [2.24, 2.45) is 5.73 Å². The Bertz CT molecular complexity index is 592.